The molecule has 0 spiro atoms. The normalized spacial score (nSPS) is 13.3. The minimum Gasteiger partial charge on any atom is -0.491 e. The van der Waals surface area contributed by atoms with Crippen molar-refractivity contribution in [3.8, 4) is 5.75 Å². The van der Waals surface area contributed by atoms with Crippen LogP contribution in [0.5, 0.6) is 5.75 Å². The first-order valence-corrected chi connectivity index (χ1v) is 10.7. The Bertz CT molecular complexity index is 442. The molecule has 26 heavy (non-hydrogen) atoms. The maximum Gasteiger partial charge on any atom is 0.119 e. The predicted octanol–water partition coefficient (Wildman–Crippen LogP) is 5.54. The highest BCUT2D eigenvalue weighted by molar-refractivity contribution is 7.99. The molecule has 2 N–H and O–H groups in total. The molecule has 3 nitrogen and oxygen atoms in total. The lowest BCUT2D eigenvalue weighted by Crippen LogP contribution is -2.33. The second-order valence-corrected chi connectivity index (χ2v) is 8.87. The monoisotopic (exact) mass is 403 g/mol. The van der Waals surface area contributed by atoms with E-state index in [0.29, 0.717) is 24.3 Å². The fourth-order valence-electron chi connectivity index (χ4n) is 2.66. The highest BCUT2D eigenvalue weighted by atomic mass is 35.5. The van der Waals surface area contributed by atoms with E-state index in [4.69, 9.17) is 4.74 Å². The van der Waals surface area contributed by atoms with Crippen molar-refractivity contribution in [3.05, 3.63) is 24.3 Å². The molecule has 0 saturated heterocycles. The molecule has 0 heterocycles. The number of ether oxygens (including phenoxy) is 1. The molecule has 0 aromatic heterocycles. The Hall–Kier alpha value is -0.420. The molecule has 0 saturated carbocycles. The van der Waals surface area contributed by atoms with Crippen LogP contribution in [-0.4, -0.2) is 36.2 Å². The molecule has 0 radical (unpaired) electrons. The van der Waals surface area contributed by atoms with E-state index in [1.807, 2.05) is 23.9 Å². The molecule has 0 aliphatic heterocycles. The van der Waals surface area contributed by atoms with Crippen LogP contribution in [-0.2, 0) is 0 Å². The summed E-state index contributed by atoms with van der Waals surface area (Å²) in [5, 5.41) is 14.0. The van der Waals surface area contributed by atoms with Gasteiger partial charge in [-0.05, 0) is 43.1 Å². The highest BCUT2D eigenvalue weighted by Gasteiger charge is 2.07. The lowest BCUT2D eigenvalue weighted by molar-refractivity contribution is 0.105. The summed E-state index contributed by atoms with van der Waals surface area (Å²) in [5.74, 6) is 1.48. The summed E-state index contributed by atoms with van der Waals surface area (Å²) < 4.78 is 5.68. The zero-order chi connectivity index (χ0) is 18.5. The second kappa shape index (κ2) is 15.6. The van der Waals surface area contributed by atoms with Crippen LogP contribution in [0.2, 0.25) is 0 Å². The van der Waals surface area contributed by atoms with Gasteiger partial charge in [0.1, 0.15) is 18.5 Å². The fraction of sp³-hybridized carbons (Fsp3) is 0.714. The van der Waals surface area contributed by atoms with E-state index in [0.717, 1.165) is 12.3 Å². The number of unbranched alkanes of at least 4 members (excludes halogenated alkanes) is 3. The SMILES string of the molecule is CCCCCCC(C)CNCC(O)COc1ccc(SC(C)C)cc1.Cl. The topological polar surface area (TPSA) is 41.5 Å². The zero-order valence-corrected chi connectivity index (χ0v) is 18.5. The minimum atomic E-state index is -0.475. The Kier molecular flexibility index (Phi) is 15.4. The lowest BCUT2D eigenvalue weighted by Gasteiger charge is -2.16. The molecule has 0 aliphatic carbocycles. The number of rotatable bonds is 14. The van der Waals surface area contributed by atoms with Gasteiger partial charge in [-0.1, -0.05) is 53.4 Å². The zero-order valence-electron chi connectivity index (χ0n) is 16.9. The van der Waals surface area contributed by atoms with Crippen molar-refractivity contribution in [2.24, 2.45) is 5.92 Å². The van der Waals surface area contributed by atoms with Gasteiger partial charge in [0.2, 0.25) is 0 Å². The van der Waals surface area contributed by atoms with Gasteiger partial charge in [0.15, 0.2) is 0 Å². The van der Waals surface area contributed by atoms with Gasteiger partial charge in [-0.2, -0.15) is 0 Å². The van der Waals surface area contributed by atoms with Gasteiger partial charge in [-0.25, -0.2) is 0 Å². The van der Waals surface area contributed by atoms with Crippen LogP contribution in [0, 0.1) is 5.92 Å². The average Bonchev–Trinajstić information content (AvgIpc) is 2.57. The molecule has 0 fully saturated rings. The summed E-state index contributed by atoms with van der Waals surface area (Å²) in [4.78, 5) is 1.25. The van der Waals surface area contributed by atoms with Gasteiger partial charge in [0, 0.05) is 16.7 Å². The molecular weight excluding hydrogens is 366 g/mol. The van der Waals surface area contributed by atoms with Crippen molar-refractivity contribution in [1.82, 2.24) is 5.32 Å². The van der Waals surface area contributed by atoms with Gasteiger partial charge in [0.05, 0.1) is 0 Å². The number of halogens is 1. The summed E-state index contributed by atoms with van der Waals surface area (Å²) in [5.41, 5.74) is 0. The fourth-order valence-corrected chi connectivity index (χ4v) is 3.49. The van der Waals surface area contributed by atoms with E-state index in [1.165, 1.54) is 37.0 Å². The lowest BCUT2D eigenvalue weighted by atomic mass is 10.0. The Morgan fingerprint density at radius 1 is 1.04 bits per heavy atom. The maximum atomic E-state index is 10.1. The first-order chi connectivity index (χ1) is 12.0. The third-order valence-corrected chi connectivity index (χ3v) is 5.08. The van der Waals surface area contributed by atoms with Gasteiger partial charge in [-0.3, -0.25) is 0 Å². The number of thioether (sulfide) groups is 1. The smallest absolute Gasteiger partial charge is 0.119 e. The quantitative estimate of drug-likeness (QED) is 0.316. The first-order valence-electron chi connectivity index (χ1n) is 9.79. The number of aliphatic hydroxyl groups is 1. The van der Waals surface area contributed by atoms with Crippen molar-refractivity contribution in [2.75, 3.05) is 19.7 Å². The summed E-state index contributed by atoms with van der Waals surface area (Å²) in [7, 11) is 0. The molecular formula is C21H38ClNO2S. The van der Waals surface area contributed by atoms with E-state index in [9.17, 15) is 5.11 Å². The predicted molar refractivity (Wildman–Crippen MR) is 117 cm³/mol. The number of nitrogens with one attached hydrogen (secondary N) is 1. The van der Waals surface area contributed by atoms with Crippen LogP contribution < -0.4 is 10.1 Å². The van der Waals surface area contributed by atoms with Crippen LogP contribution in [0.25, 0.3) is 0 Å². The van der Waals surface area contributed by atoms with Gasteiger partial charge >= 0.3 is 0 Å². The van der Waals surface area contributed by atoms with Gasteiger partial charge in [-0.15, -0.1) is 24.2 Å². The Labute approximate surface area is 171 Å². The average molecular weight is 404 g/mol. The Morgan fingerprint density at radius 3 is 2.35 bits per heavy atom. The van der Waals surface area contributed by atoms with Crippen LogP contribution in [0.3, 0.4) is 0 Å². The molecule has 5 heteroatoms. The molecule has 0 aliphatic rings. The molecule has 1 aromatic rings. The van der Waals surface area contributed by atoms with E-state index in [-0.39, 0.29) is 12.4 Å². The highest BCUT2D eigenvalue weighted by Crippen LogP contribution is 2.24. The number of aliphatic hydroxyl groups excluding tert-OH is 1. The standard InChI is InChI=1S/C21H37NO2S.ClH/c1-5-6-7-8-9-18(4)14-22-15-19(23)16-24-20-10-12-21(13-11-20)25-17(2)3;/h10-13,17-19,22-23H,5-9,14-16H2,1-4H3;1H. The van der Waals surface area contributed by atoms with Crippen molar-refractivity contribution in [3.63, 3.8) is 0 Å². The molecule has 2 unspecified atom stereocenters. The van der Waals surface area contributed by atoms with Crippen molar-refractivity contribution >= 4 is 24.2 Å². The van der Waals surface area contributed by atoms with Crippen LogP contribution in [0.4, 0.5) is 0 Å². The third-order valence-electron chi connectivity index (χ3n) is 4.06. The Morgan fingerprint density at radius 2 is 1.73 bits per heavy atom. The van der Waals surface area contributed by atoms with E-state index < -0.39 is 6.10 Å². The summed E-state index contributed by atoms with van der Waals surface area (Å²) in [6.07, 6.45) is 6.07. The number of hydrogen-bond donors (Lipinski definition) is 2. The molecule has 0 bridgehead atoms. The molecule has 2 atom stereocenters. The number of benzene rings is 1. The largest absolute Gasteiger partial charge is 0.491 e. The minimum absolute atomic E-state index is 0. The molecule has 0 amide bonds. The van der Waals surface area contributed by atoms with Crippen molar-refractivity contribution in [2.45, 2.75) is 76.0 Å². The van der Waals surface area contributed by atoms with Crippen molar-refractivity contribution in [1.29, 1.82) is 0 Å². The van der Waals surface area contributed by atoms with E-state index in [1.54, 1.807) is 0 Å². The Balaban J connectivity index is 0.00000625. The van der Waals surface area contributed by atoms with E-state index in [2.05, 4.69) is 45.1 Å². The third kappa shape index (κ3) is 12.9. The van der Waals surface area contributed by atoms with Crippen LogP contribution >= 0.6 is 24.2 Å². The van der Waals surface area contributed by atoms with Gasteiger partial charge < -0.3 is 15.2 Å². The molecule has 152 valence electrons. The number of hydrogen-bond acceptors (Lipinski definition) is 4. The van der Waals surface area contributed by atoms with Crippen molar-refractivity contribution < 1.29 is 9.84 Å². The second-order valence-electron chi connectivity index (χ2n) is 7.22. The first kappa shape index (κ1) is 25.6. The molecule has 1 rings (SSSR count). The maximum absolute atomic E-state index is 10.1. The summed E-state index contributed by atoms with van der Waals surface area (Å²) >= 11 is 1.84. The summed E-state index contributed by atoms with van der Waals surface area (Å²) in [6.45, 7) is 10.8. The molecule has 1 aromatic carbocycles. The van der Waals surface area contributed by atoms with Crippen LogP contribution in [0.1, 0.15) is 59.8 Å². The van der Waals surface area contributed by atoms with Gasteiger partial charge in [0.25, 0.3) is 0 Å². The summed E-state index contributed by atoms with van der Waals surface area (Å²) in [6, 6.07) is 8.10. The van der Waals surface area contributed by atoms with E-state index >= 15 is 0 Å². The van der Waals surface area contributed by atoms with Crippen LogP contribution in [0.15, 0.2) is 29.2 Å².